The van der Waals surface area contributed by atoms with Crippen molar-refractivity contribution in [1.82, 2.24) is 0 Å². The molecule has 2 rings (SSSR count). The van der Waals surface area contributed by atoms with Crippen LogP contribution < -0.4 is 14.8 Å². The molecule has 0 aliphatic rings. The molecule has 0 aromatic heterocycles. The highest BCUT2D eigenvalue weighted by Gasteiger charge is 2.42. The number of ether oxygens (including phenoxy) is 2. The Kier molecular flexibility index (Phi) is 5.71. The molecule has 0 bridgehead atoms. The summed E-state index contributed by atoms with van der Waals surface area (Å²) in [4.78, 5) is 13.4. The van der Waals surface area contributed by atoms with Crippen LogP contribution in [0, 0.1) is 0 Å². The smallest absolute Gasteiger partial charge is 0.301 e. The molecule has 0 saturated carbocycles. The predicted molar refractivity (Wildman–Crippen MR) is 98.4 cm³/mol. The van der Waals surface area contributed by atoms with E-state index in [2.05, 4.69) is 0 Å². The summed E-state index contributed by atoms with van der Waals surface area (Å²) in [6.45, 7) is 5.28. The summed E-state index contributed by atoms with van der Waals surface area (Å²) in [5.41, 5.74) is -1.32. The number of methoxy groups -OCH3 is 2. The molecule has 0 spiro atoms. The van der Waals surface area contributed by atoms with Gasteiger partial charge in [0.25, 0.3) is 5.52 Å². The van der Waals surface area contributed by atoms with Crippen molar-refractivity contribution < 1.29 is 23.4 Å². The molecule has 0 heterocycles. The third-order valence-electron chi connectivity index (χ3n) is 3.41. The topological polar surface area (TPSA) is 61.8 Å². The lowest BCUT2D eigenvalue weighted by Gasteiger charge is -2.27. The molecule has 0 aliphatic carbocycles. The van der Waals surface area contributed by atoms with Gasteiger partial charge in [0.15, 0.2) is 0 Å². The normalized spacial score (nSPS) is 13.8. The second kappa shape index (κ2) is 7.42. The summed E-state index contributed by atoms with van der Waals surface area (Å²) in [6.07, 6.45) is 0. The zero-order valence-electron chi connectivity index (χ0n) is 15.1. The minimum atomic E-state index is -3.89. The highest BCUT2D eigenvalue weighted by Crippen LogP contribution is 2.54. The maximum absolute atomic E-state index is 13.8. The minimum absolute atomic E-state index is 0.115. The second-order valence-electron chi connectivity index (χ2n) is 6.43. The van der Waals surface area contributed by atoms with Crippen molar-refractivity contribution >= 4 is 18.2 Å². The number of hydrogen-bond donors (Lipinski definition) is 0. The standard InChI is InChI=1S/C19H23O5P/c1-19(2,3)24-25(21,14-10-7-6-8-11-14)18(20)17-15(22-4)12-9-13-16(17)23-5/h6-13H,1-5H3. The summed E-state index contributed by atoms with van der Waals surface area (Å²) in [6, 6.07) is 13.5. The molecular formula is C19H23O5P. The molecule has 134 valence electrons. The predicted octanol–water partition coefficient (Wildman–Crippen LogP) is 4.26. The number of carbonyl (C=O) groups is 1. The Morgan fingerprint density at radius 3 is 1.84 bits per heavy atom. The second-order valence-corrected chi connectivity index (χ2v) is 8.64. The molecule has 0 fully saturated rings. The maximum Gasteiger partial charge on any atom is 0.301 e. The fourth-order valence-electron chi connectivity index (χ4n) is 2.43. The highest BCUT2D eigenvalue weighted by molar-refractivity contribution is 7.83. The molecule has 25 heavy (non-hydrogen) atoms. The van der Waals surface area contributed by atoms with Gasteiger partial charge in [-0.25, -0.2) is 0 Å². The number of carbonyl (C=O) groups excluding carboxylic acids is 1. The molecule has 5 nitrogen and oxygen atoms in total. The highest BCUT2D eigenvalue weighted by atomic mass is 31.2. The quantitative estimate of drug-likeness (QED) is 0.719. The van der Waals surface area contributed by atoms with Crippen molar-refractivity contribution in [2.24, 2.45) is 0 Å². The van der Waals surface area contributed by atoms with Crippen molar-refractivity contribution in [3.8, 4) is 11.5 Å². The fraction of sp³-hybridized carbons (Fsp3) is 0.316. The van der Waals surface area contributed by atoms with Gasteiger partial charge in [-0.1, -0.05) is 24.3 Å². The zero-order chi connectivity index (χ0) is 18.7. The van der Waals surface area contributed by atoms with E-state index in [0.29, 0.717) is 5.30 Å². The lowest BCUT2D eigenvalue weighted by molar-refractivity contribution is 0.0973. The molecule has 1 unspecified atom stereocenters. The van der Waals surface area contributed by atoms with Crippen LogP contribution in [0.1, 0.15) is 31.1 Å². The Balaban J connectivity index is 2.68. The lowest BCUT2D eigenvalue weighted by Crippen LogP contribution is -2.25. The van der Waals surface area contributed by atoms with Gasteiger partial charge in [-0.15, -0.1) is 0 Å². The van der Waals surface area contributed by atoms with Crippen LogP contribution in [-0.2, 0) is 9.09 Å². The molecule has 6 heteroatoms. The number of benzene rings is 2. The van der Waals surface area contributed by atoms with Gasteiger partial charge in [0.1, 0.15) is 17.1 Å². The zero-order valence-corrected chi connectivity index (χ0v) is 16.0. The summed E-state index contributed by atoms with van der Waals surface area (Å²) in [5.74, 6) is 0.580. The van der Waals surface area contributed by atoms with Gasteiger partial charge in [-0.05, 0) is 45.0 Å². The first-order valence-corrected chi connectivity index (χ1v) is 9.47. The van der Waals surface area contributed by atoms with E-state index in [1.54, 1.807) is 69.3 Å². The van der Waals surface area contributed by atoms with Gasteiger partial charge in [0.2, 0.25) is 0 Å². The molecule has 2 aromatic rings. The van der Waals surface area contributed by atoms with E-state index in [0.717, 1.165) is 0 Å². The summed E-state index contributed by atoms with van der Waals surface area (Å²) < 4.78 is 30.2. The Labute approximate surface area is 148 Å². The fourth-order valence-corrected chi connectivity index (χ4v) is 4.70. The van der Waals surface area contributed by atoms with E-state index >= 15 is 0 Å². The molecule has 0 radical (unpaired) electrons. The largest absolute Gasteiger partial charge is 0.496 e. The van der Waals surface area contributed by atoms with Crippen LogP contribution in [0.25, 0.3) is 0 Å². The van der Waals surface area contributed by atoms with Crippen molar-refractivity contribution in [2.75, 3.05) is 14.2 Å². The monoisotopic (exact) mass is 362 g/mol. The summed E-state index contributed by atoms with van der Waals surface area (Å²) in [7, 11) is -0.989. The molecule has 0 aliphatic heterocycles. The van der Waals surface area contributed by atoms with Crippen LogP contribution in [0.2, 0.25) is 0 Å². The minimum Gasteiger partial charge on any atom is -0.496 e. The third-order valence-corrected chi connectivity index (χ3v) is 5.95. The average Bonchev–Trinajstić information content (AvgIpc) is 2.59. The third kappa shape index (κ3) is 4.12. The van der Waals surface area contributed by atoms with Gasteiger partial charge in [-0.3, -0.25) is 9.36 Å². The van der Waals surface area contributed by atoms with Crippen LogP contribution in [-0.4, -0.2) is 25.3 Å². The van der Waals surface area contributed by atoms with Crippen molar-refractivity contribution in [1.29, 1.82) is 0 Å². The lowest BCUT2D eigenvalue weighted by atomic mass is 10.2. The van der Waals surface area contributed by atoms with E-state index < -0.39 is 18.5 Å². The number of rotatable bonds is 6. The van der Waals surface area contributed by atoms with Crippen LogP contribution in [0.5, 0.6) is 11.5 Å². The Bertz CT molecular complexity index is 771. The van der Waals surface area contributed by atoms with Crippen molar-refractivity contribution in [3.05, 3.63) is 54.1 Å². The van der Waals surface area contributed by atoms with Crippen LogP contribution >= 0.6 is 7.37 Å². The van der Waals surface area contributed by atoms with E-state index in [1.165, 1.54) is 14.2 Å². The van der Waals surface area contributed by atoms with E-state index in [-0.39, 0.29) is 17.1 Å². The van der Waals surface area contributed by atoms with Crippen LogP contribution in [0.3, 0.4) is 0 Å². The summed E-state index contributed by atoms with van der Waals surface area (Å²) >= 11 is 0. The maximum atomic E-state index is 13.8. The average molecular weight is 362 g/mol. The van der Waals surface area contributed by atoms with Gasteiger partial charge in [0.05, 0.1) is 19.8 Å². The molecule has 0 N–H and O–H groups in total. The molecule has 0 saturated heterocycles. The first-order valence-electron chi connectivity index (χ1n) is 7.85. The van der Waals surface area contributed by atoms with Crippen LogP contribution in [0.15, 0.2) is 48.5 Å². The Morgan fingerprint density at radius 1 is 0.880 bits per heavy atom. The van der Waals surface area contributed by atoms with Gasteiger partial charge in [0, 0.05) is 5.30 Å². The van der Waals surface area contributed by atoms with E-state index in [1.807, 2.05) is 0 Å². The molecular weight excluding hydrogens is 339 g/mol. The van der Waals surface area contributed by atoms with E-state index in [9.17, 15) is 9.36 Å². The van der Waals surface area contributed by atoms with Crippen molar-refractivity contribution in [2.45, 2.75) is 26.4 Å². The van der Waals surface area contributed by atoms with E-state index in [4.69, 9.17) is 14.0 Å². The first kappa shape index (κ1) is 19.2. The summed E-state index contributed by atoms with van der Waals surface area (Å²) in [5, 5.41) is 0.336. The molecule has 2 aromatic carbocycles. The number of hydrogen-bond acceptors (Lipinski definition) is 5. The Hall–Kier alpha value is -2.10. The van der Waals surface area contributed by atoms with Gasteiger partial charge >= 0.3 is 7.37 Å². The SMILES string of the molecule is COc1cccc(OC)c1C(=O)P(=O)(OC(C)(C)C)c1ccccc1. The Morgan fingerprint density at radius 2 is 1.40 bits per heavy atom. The van der Waals surface area contributed by atoms with Crippen molar-refractivity contribution in [3.63, 3.8) is 0 Å². The van der Waals surface area contributed by atoms with Gasteiger partial charge < -0.3 is 14.0 Å². The van der Waals surface area contributed by atoms with Crippen LogP contribution in [0.4, 0.5) is 0 Å². The first-order chi connectivity index (χ1) is 11.7. The molecule has 0 amide bonds. The molecule has 1 atom stereocenters. The van der Waals surface area contributed by atoms with Gasteiger partial charge in [-0.2, -0.15) is 0 Å².